The Labute approximate surface area is 161 Å². The van der Waals surface area contributed by atoms with Gasteiger partial charge >= 0.3 is 0 Å². The summed E-state index contributed by atoms with van der Waals surface area (Å²) >= 11 is 0. The molecule has 0 radical (unpaired) electrons. The fourth-order valence-electron chi connectivity index (χ4n) is 3.48. The molecule has 2 fully saturated rings. The molecule has 0 aliphatic carbocycles. The third-order valence-electron chi connectivity index (χ3n) is 5.09. The highest BCUT2D eigenvalue weighted by molar-refractivity contribution is 7.89. The van der Waals surface area contributed by atoms with Crippen LogP contribution in [0.4, 0.5) is 0 Å². The minimum absolute atomic E-state index is 0.199. The summed E-state index contributed by atoms with van der Waals surface area (Å²) in [6.45, 7) is 6.01. The summed E-state index contributed by atoms with van der Waals surface area (Å²) in [7, 11) is -3.52. The minimum atomic E-state index is -3.52. The Hall–Kier alpha value is -1.48. The summed E-state index contributed by atoms with van der Waals surface area (Å²) in [5.74, 6) is -0.229. The highest BCUT2D eigenvalue weighted by Gasteiger charge is 2.26. The van der Waals surface area contributed by atoms with Crippen molar-refractivity contribution in [2.45, 2.75) is 30.6 Å². The van der Waals surface area contributed by atoms with Crippen molar-refractivity contribution >= 4 is 15.9 Å². The summed E-state index contributed by atoms with van der Waals surface area (Å²) in [5, 5.41) is 2.89. The molecule has 0 bridgehead atoms. The van der Waals surface area contributed by atoms with Crippen LogP contribution in [0.2, 0.25) is 0 Å². The van der Waals surface area contributed by atoms with Gasteiger partial charge in [-0.1, -0.05) is 12.5 Å². The Morgan fingerprint density at radius 1 is 1.07 bits per heavy atom. The number of nitrogens with zero attached hydrogens (tertiary/aromatic N) is 2. The number of nitrogens with one attached hydrogen (secondary N) is 1. The molecule has 27 heavy (non-hydrogen) atoms. The van der Waals surface area contributed by atoms with Crippen molar-refractivity contribution in [3.63, 3.8) is 0 Å². The molecule has 2 aliphatic rings. The van der Waals surface area contributed by atoms with Gasteiger partial charge in [-0.25, -0.2) is 8.42 Å². The van der Waals surface area contributed by atoms with Crippen LogP contribution in [-0.2, 0) is 14.8 Å². The smallest absolute Gasteiger partial charge is 0.251 e. The molecule has 8 heteroatoms. The van der Waals surface area contributed by atoms with Gasteiger partial charge in [0.1, 0.15) is 0 Å². The number of rotatable bonds is 7. The van der Waals surface area contributed by atoms with Gasteiger partial charge in [0.2, 0.25) is 10.0 Å². The van der Waals surface area contributed by atoms with E-state index in [2.05, 4.69) is 10.2 Å². The van der Waals surface area contributed by atoms with E-state index in [-0.39, 0.29) is 10.8 Å². The number of benzene rings is 1. The average molecular weight is 396 g/mol. The lowest BCUT2D eigenvalue weighted by molar-refractivity contribution is 0.0374. The Morgan fingerprint density at radius 2 is 1.81 bits per heavy atom. The van der Waals surface area contributed by atoms with Gasteiger partial charge in [0.15, 0.2) is 0 Å². The lowest BCUT2D eigenvalue weighted by Gasteiger charge is -2.26. The third-order valence-corrected chi connectivity index (χ3v) is 6.98. The van der Waals surface area contributed by atoms with Crippen LogP contribution in [0.25, 0.3) is 0 Å². The van der Waals surface area contributed by atoms with Crippen molar-refractivity contribution in [2.24, 2.45) is 0 Å². The Morgan fingerprint density at radius 3 is 2.56 bits per heavy atom. The van der Waals surface area contributed by atoms with E-state index in [1.807, 2.05) is 0 Å². The summed E-state index contributed by atoms with van der Waals surface area (Å²) in [6, 6.07) is 6.35. The van der Waals surface area contributed by atoms with E-state index in [0.717, 1.165) is 58.5 Å². The third kappa shape index (κ3) is 5.51. The monoisotopic (exact) mass is 395 g/mol. The van der Waals surface area contributed by atoms with Gasteiger partial charge in [0.05, 0.1) is 18.1 Å². The standard InChI is InChI=1S/C19H29N3O4S/c23-19(20-8-5-9-21-12-14-26-15-13-21)17-6-4-7-18(16-17)27(24,25)22-10-2-1-3-11-22/h4,6-7,16H,1-3,5,8-15H2,(H,20,23). The molecular weight excluding hydrogens is 366 g/mol. The fourth-order valence-corrected chi connectivity index (χ4v) is 5.05. The summed E-state index contributed by atoms with van der Waals surface area (Å²) in [6.07, 6.45) is 3.71. The zero-order valence-corrected chi connectivity index (χ0v) is 16.5. The molecule has 1 aromatic carbocycles. The number of hydrogen-bond acceptors (Lipinski definition) is 5. The van der Waals surface area contributed by atoms with Gasteiger partial charge < -0.3 is 10.1 Å². The van der Waals surface area contributed by atoms with Crippen LogP contribution >= 0.6 is 0 Å². The first-order valence-corrected chi connectivity index (χ1v) is 11.2. The summed E-state index contributed by atoms with van der Waals surface area (Å²) in [5.41, 5.74) is 0.388. The van der Waals surface area contributed by atoms with E-state index >= 15 is 0 Å². The quantitative estimate of drug-likeness (QED) is 0.705. The first-order valence-electron chi connectivity index (χ1n) is 9.76. The van der Waals surface area contributed by atoms with Gasteiger partial charge in [0, 0.05) is 38.3 Å². The lowest BCUT2D eigenvalue weighted by atomic mass is 10.2. The zero-order valence-electron chi connectivity index (χ0n) is 15.7. The van der Waals surface area contributed by atoms with Crippen LogP contribution in [0.1, 0.15) is 36.0 Å². The molecule has 2 heterocycles. The fraction of sp³-hybridized carbons (Fsp3) is 0.632. The number of piperidine rings is 1. The maximum atomic E-state index is 12.8. The van der Waals surface area contributed by atoms with Crippen molar-refractivity contribution in [2.75, 3.05) is 52.5 Å². The van der Waals surface area contributed by atoms with Crippen LogP contribution in [0.15, 0.2) is 29.2 Å². The van der Waals surface area contributed by atoms with Gasteiger partial charge in [-0.3, -0.25) is 9.69 Å². The molecule has 2 aliphatic heterocycles. The molecule has 7 nitrogen and oxygen atoms in total. The Kier molecular flexibility index (Phi) is 7.23. The topological polar surface area (TPSA) is 79.0 Å². The number of amides is 1. The second kappa shape index (κ2) is 9.64. The van der Waals surface area contributed by atoms with Crippen molar-refractivity contribution < 1.29 is 17.9 Å². The summed E-state index contributed by atoms with van der Waals surface area (Å²) < 4.78 is 32.4. The molecule has 0 spiro atoms. The Bertz CT molecular complexity index is 726. The van der Waals surface area contributed by atoms with Gasteiger partial charge in [-0.05, 0) is 44.0 Å². The maximum Gasteiger partial charge on any atom is 0.251 e. The largest absolute Gasteiger partial charge is 0.379 e. The second-order valence-corrected chi connectivity index (χ2v) is 8.99. The SMILES string of the molecule is O=C(NCCCN1CCOCC1)c1cccc(S(=O)(=O)N2CCCCC2)c1. The summed E-state index contributed by atoms with van der Waals surface area (Å²) in [4.78, 5) is 14.9. The van der Waals surface area contributed by atoms with Gasteiger partial charge in [-0.15, -0.1) is 0 Å². The van der Waals surface area contributed by atoms with Crippen molar-refractivity contribution in [1.82, 2.24) is 14.5 Å². The number of carbonyl (C=O) groups is 1. The zero-order chi connectivity index (χ0) is 19.1. The molecule has 0 saturated carbocycles. The highest BCUT2D eigenvalue weighted by atomic mass is 32.2. The molecular formula is C19H29N3O4S. The first-order chi connectivity index (χ1) is 13.1. The van der Waals surface area contributed by atoms with E-state index in [4.69, 9.17) is 4.74 Å². The number of sulfonamides is 1. The van der Waals surface area contributed by atoms with Crippen molar-refractivity contribution in [3.8, 4) is 0 Å². The van der Waals surface area contributed by atoms with E-state index in [1.54, 1.807) is 18.2 Å². The van der Waals surface area contributed by atoms with Crippen molar-refractivity contribution in [1.29, 1.82) is 0 Å². The molecule has 1 N–H and O–H groups in total. The lowest BCUT2D eigenvalue weighted by Crippen LogP contribution is -2.38. The van der Waals surface area contributed by atoms with Crippen LogP contribution < -0.4 is 5.32 Å². The van der Waals surface area contributed by atoms with E-state index in [9.17, 15) is 13.2 Å². The highest BCUT2D eigenvalue weighted by Crippen LogP contribution is 2.21. The van der Waals surface area contributed by atoms with Crippen molar-refractivity contribution in [3.05, 3.63) is 29.8 Å². The molecule has 150 valence electrons. The van der Waals surface area contributed by atoms with Crippen LogP contribution in [0.5, 0.6) is 0 Å². The first kappa shape index (κ1) is 20.3. The van der Waals surface area contributed by atoms with Crippen LogP contribution in [-0.4, -0.2) is 76.0 Å². The molecule has 2 saturated heterocycles. The normalized spacial score (nSPS) is 19.7. The molecule has 0 atom stereocenters. The minimum Gasteiger partial charge on any atom is -0.379 e. The predicted octanol–water partition coefficient (Wildman–Crippen LogP) is 1.31. The number of hydrogen-bond donors (Lipinski definition) is 1. The number of morpholine rings is 1. The van der Waals surface area contributed by atoms with Gasteiger partial charge in [-0.2, -0.15) is 4.31 Å². The second-order valence-electron chi connectivity index (χ2n) is 7.06. The predicted molar refractivity (Wildman–Crippen MR) is 103 cm³/mol. The van der Waals surface area contributed by atoms with Gasteiger partial charge in [0.25, 0.3) is 5.91 Å². The van der Waals surface area contributed by atoms with E-state index in [1.165, 1.54) is 10.4 Å². The average Bonchev–Trinajstić information content (AvgIpc) is 2.72. The molecule has 3 rings (SSSR count). The molecule has 1 aromatic rings. The van der Waals surface area contributed by atoms with Crippen LogP contribution in [0, 0.1) is 0 Å². The molecule has 1 amide bonds. The number of carbonyl (C=O) groups excluding carboxylic acids is 1. The van der Waals surface area contributed by atoms with Crippen LogP contribution in [0.3, 0.4) is 0 Å². The molecule has 0 unspecified atom stereocenters. The molecule has 0 aromatic heterocycles. The van der Waals surface area contributed by atoms with E-state index in [0.29, 0.717) is 25.2 Å². The maximum absolute atomic E-state index is 12.8. The number of ether oxygens (including phenoxy) is 1. The Balaban J connectivity index is 1.53. The van der Waals surface area contributed by atoms with E-state index < -0.39 is 10.0 Å².